The molecule has 1 aliphatic rings. The van der Waals surface area contributed by atoms with Crippen LogP contribution < -0.4 is 10.6 Å². The van der Waals surface area contributed by atoms with Gasteiger partial charge in [-0.25, -0.2) is 0 Å². The molecule has 1 fully saturated rings. The smallest absolute Gasteiger partial charge is 0.246 e. The standard InChI is InChI=1S/C23H36N4O3.C2H6/c1-16(2)20(25-21(28)17(3)26(4)5)23(30)27-15-9-12-19(27)22(29)24-14-13-18-10-7-6-8-11-18;1-2/h6-8,10-11,16-17,19-20H,9,12-15H2,1-5H3,(H,24,29)(H,25,28);1-2H3/t17-,19-,20-;/m0./s1. The van der Waals surface area contributed by atoms with E-state index in [1.165, 1.54) is 0 Å². The van der Waals surface area contributed by atoms with Crippen LogP contribution in [0.5, 0.6) is 0 Å². The van der Waals surface area contributed by atoms with Gasteiger partial charge in [-0.15, -0.1) is 0 Å². The van der Waals surface area contributed by atoms with Gasteiger partial charge < -0.3 is 15.5 Å². The first-order chi connectivity index (χ1) is 15.2. The predicted molar refractivity (Wildman–Crippen MR) is 129 cm³/mol. The maximum atomic E-state index is 13.2. The van der Waals surface area contributed by atoms with Gasteiger partial charge in [0.15, 0.2) is 0 Å². The number of likely N-dealkylation sites (tertiary alicyclic amines) is 1. The van der Waals surface area contributed by atoms with Crippen LogP contribution in [0.2, 0.25) is 0 Å². The highest BCUT2D eigenvalue weighted by molar-refractivity contribution is 5.93. The molecule has 0 radical (unpaired) electrons. The van der Waals surface area contributed by atoms with Crippen LogP contribution in [0, 0.1) is 5.92 Å². The first kappa shape index (κ1) is 27.6. The van der Waals surface area contributed by atoms with E-state index in [4.69, 9.17) is 0 Å². The molecule has 1 saturated heterocycles. The summed E-state index contributed by atoms with van der Waals surface area (Å²) in [4.78, 5) is 42.0. The van der Waals surface area contributed by atoms with Crippen LogP contribution in [0.25, 0.3) is 0 Å². The zero-order valence-corrected chi connectivity index (χ0v) is 20.9. The molecule has 3 atom stereocenters. The van der Waals surface area contributed by atoms with E-state index in [1.54, 1.807) is 16.7 Å². The van der Waals surface area contributed by atoms with Crippen LogP contribution in [0.3, 0.4) is 0 Å². The third kappa shape index (κ3) is 7.93. The Balaban J connectivity index is 0.00000249. The normalized spacial score (nSPS) is 17.4. The maximum Gasteiger partial charge on any atom is 0.246 e. The lowest BCUT2D eigenvalue weighted by molar-refractivity contribution is -0.142. The molecular weight excluding hydrogens is 404 g/mol. The molecule has 180 valence electrons. The fourth-order valence-electron chi connectivity index (χ4n) is 3.60. The molecule has 2 N–H and O–H groups in total. The monoisotopic (exact) mass is 446 g/mol. The Morgan fingerprint density at radius 1 is 1.09 bits per heavy atom. The van der Waals surface area contributed by atoms with Crippen LogP contribution in [0.1, 0.15) is 53.0 Å². The number of amides is 3. The van der Waals surface area contributed by atoms with E-state index in [1.807, 2.05) is 72.1 Å². The summed E-state index contributed by atoms with van der Waals surface area (Å²) in [5.41, 5.74) is 1.16. The van der Waals surface area contributed by atoms with Crippen molar-refractivity contribution in [2.45, 2.75) is 72.0 Å². The quantitative estimate of drug-likeness (QED) is 0.611. The molecule has 1 aromatic rings. The largest absolute Gasteiger partial charge is 0.354 e. The van der Waals surface area contributed by atoms with Crippen molar-refractivity contribution in [1.82, 2.24) is 20.4 Å². The molecule has 1 heterocycles. The van der Waals surface area contributed by atoms with Gasteiger partial charge in [-0.05, 0) is 51.8 Å². The highest BCUT2D eigenvalue weighted by atomic mass is 16.2. The second kappa shape index (κ2) is 13.9. The van der Waals surface area contributed by atoms with Gasteiger partial charge in [-0.3, -0.25) is 19.3 Å². The third-order valence-corrected chi connectivity index (χ3v) is 5.78. The first-order valence-electron chi connectivity index (χ1n) is 11.8. The summed E-state index contributed by atoms with van der Waals surface area (Å²) in [6.45, 7) is 10.7. The van der Waals surface area contributed by atoms with Crippen LogP contribution in [0.15, 0.2) is 30.3 Å². The minimum absolute atomic E-state index is 0.0711. The maximum absolute atomic E-state index is 13.2. The fourth-order valence-corrected chi connectivity index (χ4v) is 3.60. The van der Waals surface area contributed by atoms with Gasteiger partial charge >= 0.3 is 0 Å². The molecule has 0 spiro atoms. The van der Waals surface area contributed by atoms with Crippen molar-refractivity contribution in [2.75, 3.05) is 27.2 Å². The molecule has 1 aliphatic heterocycles. The molecule has 0 aromatic heterocycles. The summed E-state index contributed by atoms with van der Waals surface area (Å²) >= 11 is 0. The number of carbonyl (C=O) groups is 3. The Morgan fingerprint density at radius 2 is 1.72 bits per heavy atom. The molecule has 0 saturated carbocycles. The Kier molecular flexibility index (Phi) is 12.0. The topological polar surface area (TPSA) is 81.8 Å². The van der Waals surface area contributed by atoms with Gasteiger partial charge in [0.1, 0.15) is 12.1 Å². The highest BCUT2D eigenvalue weighted by Gasteiger charge is 2.38. The first-order valence-corrected chi connectivity index (χ1v) is 11.8. The minimum atomic E-state index is -0.641. The van der Waals surface area contributed by atoms with Crippen LogP contribution >= 0.6 is 0 Å². The highest BCUT2D eigenvalue weighted by Crippen LogP contribution is 2.20. The molecule has 7 nitrogen and oxygen atoms in total. The fraction of sp³-hybridized carbons (Fsp3) is 0.640. The molecule has 1 aromatic carbocycles. The van der Waals surface area contributed by atoms with E-state index in [9.17, 15) is 14.4 Å². The van der Waals surface area contributed by atoms with Crippen molar-refractivity contribution in [3.8, 4) is 0 Å². The van der Waals surface area contributed by atoms with E-state index in [0.29, 0.717) is 19.5 Å². The van der Waals surface area contributed by atoms with Crippen LogP contribution in [-0.2, 0) is 20.8 Å². The summed E-state index contributed by atoms with van der Waals surface area (Å²) in [5.74, 6) is -0.550. The van der Waals surface area contributed by atoms with Crippen molar-refractivity contribution in [3.63, 3.8) is 0 Å². The number of hydrogen-bond acceptors (Lipinski definition) is 4. The van der Waals surface area contributed by atoms with Crippen molar-refractivity contribution in [2.24, 2.45) is 5.92 Å². The summed E-state index contributed by atoms with van der Waals surface area (Å²) < 4.78 is 0. The molecule has 0 bridgehead atoms. The average molecular weight is 447 g/mol. The van der Waals surface area contributed by atoms with Crippen LogP contribution in [-0.4, -0.2) is 72.8 Å². The zero-order chi connectivity index (χ0) is 24.3. The number of likely N-dealkylation sites (N-methyl/N-ethyl adjacent to an activating group) is 1. The summed E-state index contributed by atoms with van der Waals surface area (Å²) in [6.07, 6.45) is 2.19. The number of nitrogens with one attached hydrogen (secondary N) is 2. The van der Waals surface area contributed by atoms with Crippen molar-refractivity contribution < 1.29 is 14.4 Å². The van der Waals surface area contributed by atoms with Crippen LogP contribution in [0.4, 0.5) is 0 Å². The zero-order valence-electron chi connectivity index (χ0n) is 20.9. The van der Waals surface area contributed by atoms with E-state index >= 15 is 0 Å². The molecular formula is C25H42N4O3. The van der Waals surface area contributed by atoms with E-state index in [-0.39, 0.29) is 29.7 Å². The Labute approximate surface area is 193 Å². The molecule has 0 unspecified atom stereocenters. The number of hydrogen-bond donors (Lipinski definition) is 2. The van der Waals surface area contributed by atoms with Gasteiger partial charge in [0.05, 0.1) is 6.04 Å². The van der Waals surface area contributed by atoms with Gasteiger partial charge in [0, 0.05) is 13.1 Å². The van der Waals surface area contributed by atoms with Gasteiger partial charge in [0.25, 0.3) is 0 Å². The Morgan fingerprint density at radius 3 is 2.28 bits per heavy atom. The van der Waals surface area contributed by atoms with Crippen molar-refractivity contribution >= 4 is 17.7 Å². The average Bonchev–Trinajstić information content (AvgIpc) is 3.28. The number of benzene rings is 1. The summed E-state index contributed by atoms with van der Waals surface area (Å²) in [5, 5.41) is 5.87. The van der Waals surface area contributed by atoms with E-state index in [2.05, 4.69) is 10.6 Å². The lowest BCUT2D eigenvalue weighted by atomic mass is 10.0. The number of nitrogens with zero attached hydrogens (tertiary/aromatic N) is 2. The van der Waals surface area contributed by atoms with Gasteiger partial charge in [-0.1, -0.05) is 58.0 Å². The summed E-state index contributed by atoms with van der Waals surface area (Å²) in [6, 6.07) is 8.53. The Hall–Kier alpha value is -2.41. The number of rotatable bonds is 9. The Bertz CT molecular complexity index is 721. The van der Waals surface area contributed by atoms with Gasteiger partial charge in [-0.2, -0.15) is 0 Å². The lowest BCUT2D eigenvalue weighted by Crippen LogP contribution is -2.57. The molecule has 0 aliphatic carbocycles. The van der Waals surface area contributed by atoms with E-state index in [0.717, 1.165) is 18.4 Å². The second-order valence-electron chi connectivity index (χ2n) is 8.59. The lowest BCUT2D eigenvalue weighted by Gasteiger charge is -2.31. The number of carbonyl (C=O) groups excluding carboxylic acids is 3. The molecule has 32 heavy (non-hydrogen) atoms. The minimum Gasteiger partial charge on any atom is -0.354 e. The van der Waals surface area contributed by atoms with Crippen molar-refractivity contribution in [3.05, 3.63) is 35.9 Å². The van der Waals surface area contributed by atoms with Crippen molar-refractivity contribution in [1.29, 1.82) is 0 Å². The van der Waals surface area contributed by atoms with Gasteiger partial charge in [0.2, 0.25) is 17.7 Å². The predicted octanol–water partition coefficient (Wildman–Crippen LogP) is 2.45. The molecule has 7 heteroatoms. The second-order valence-corrected chi connectivity index (χ2v) is 8.59. The van der Waals surface area contributed by atoms with E-state index < -0.39 is 12.1 Å². The molecule has 2 rings (SSSR count). The summed E-state index contributed by atoms with van der Waals surface area (Å²) in [7, 11) is 3.65. The molecule has 3 amide bonds. The SMILES string of the molecule is CC.CC(C)[C@H](NC(=O)[C@H](C)N(C)C)C(=O)N1CCC[C@H]1C(=O)NCCc1ccccc1. The third-order valence-electron chi connectivity index (χ3n) is 5.78.